The molecule has 9 rings (SSSR count). The zero-order chi connectivity index (χ0) is 41.4. The van der Waals surface area contributed by atoms with Crippen LogP contribution in [0.4, 0.5) is 17.6 Å². The molecule has 6 aromatic heterocycles. The monoisotopic (exact) mass is 841 g/mol. The highest BCUT2D eigenvalue weighted by Crippen LogP contribution is 2.28. The van der Waals surface area contributed by atoms with Gasteiger partial charge in [0.2, 0.25) is 5.82 Å². The Morgan fingerprint density at radius 3 is 1.68 bits per heavy atom. The molecule has 0 amide bonds. The predicted octanol–water partition coefficient (Wildman–Crippen LogP) is 7.01. The third kappa shape index (κ3) is 9.38. The Morgan fingerprint density at radius 2 is 1.17 bits per heavy atom. The Morgan fingerprint density at radius 1 is 0.633 bits per heavy atom. The number of nitrogens with zero attached hydrogens (tertiary/aromatic N) is 11. The van der Waals surface area contributed by atoms with E-state index in [-0.39, 0.29) is 54.0 Å². The summed E-state index contributed by atoms with van der Waals surface area (Å²) in [4.78, 5) is 18.3. The van der Waals surface area contributed by atoms with Crippen LogP contribution in [-0.4, -0.2) is 94.2 Å². The van der Waals surface area contributed by atoms with Crippen molar-refractivity contribution in [2.45, 2.75) is 13.1 Å². The molecular weight excluding hydrogens is 810 g/mol. The molecule has 0 saturated carbocycles. The molecule has 0 N–H and O–H groups in total. The van der Waals surface area contributed by atoms with Gasteiger partial charge in [-0.15, -0.1) is 0 Å². The minimum absolute atomic E-state index is 0.147. The van der Waals surface area contributed by atoms with Crippen molar-refractivity contribution in [3.05, 3.63) is 137 Å². The lowest BCUT2D eigenvalue weighted by Gasteiger charge is -2.26. The fourth-order valence-electron chi connectivity index (χ4n) is 6.11. The average molecular weight is 842 g/mol. The van der Waals surface area contributed by atoms with Gasteiger partial charge < -0.3 is 18.5 Å². The second-order valence-electron chi connectivity index (χ2n) is 13.1. The zero-order valence-corrected chi connectivity index (χ0v) is 32.1. The van der Waals surface area contributed by atoms with E-state index in [1.165, 1.54) is 24.7 Å². The normalized spacial score (nSPS) is 12.9. The second-order valence-corrected chi connectivity index (χ2v) is 13.4. The van der Waals surface area contributed by atoms with E-state index in [4.69, 9.17) is 30.1 Å². The van der Waals surface area contributed by atoms with Crippen LogP contribution in [0.25, 0.3) is 45.8 Å². The molecule has 15 nitrogen and oxygen atoms in total. The molecule has 7 heterocycles. The van der Waals surface area contributed by atoms with Gasteiger partial charge in [-0.05, 0) is 24.3 Å². The number of hydrogen-bond acceptors (Lipinski definition) is 13. The summed E-state index contributed by atoms with van der Waals surface area (Å²) >= 11 is 5.72. The summed E-state index contributed by atoms with van der Waals surface area (Å²) < 4.78 is 79.8. The van der Waals surface area contributed by atoms with Crippen molar-refractivity contribution in [3.8, 4) is 51.7 Å². The fraction of sp³-hybridized carbons (Fsp3) is 0.200. The number of benzene rings is 2. The summed E-state index contributed by atoms with van der Waals surface area (Å²) in [6.45, 7) is 4.19. The Hall–Kier alpha value is -6.83. The molecule has 60 heavy (non-hydrogen) atoms. The quantitative estimate of drug-likeness (QED) is 0.0914. The minimum Gasteiger partial charge on any atom is -0.474 e. The van der Waals surface area contributed by atoms with E-state index in [9.17, 15) is 17.6 Å². The maximum Gasteiger partial charge on any atom is 0.254 e. The van der Waals surface area contributed by atoms with Crippen LogP contribution in [0.1, 0.15) is 11.1 Å². The number of morpholine rings is 1. The largest absolute Gasteiger partial charge is 0.474 e. The van der Waals surface area contributed by atoms with Gasteiger partial charge >= 0.3 is 0 Å². The van der Waals surface area contributed by atoms with E-state index < -0.39 is 11.6 Å². The van der Waals surface area contributed by atoms with Gasteiger partial charge in [0.05, 0.1) is 50.1 Å². The van der Waals surface area contributed by atoms with Gasteiger partial charge in [0.1, 0.15) is 53.5 Å². The molecular formula is C40H32ClF4N11O4. The van der Waals surface area contributed by atoms with Crippen molar-refractivity contribution < 1.29 is 36.1 Å². The van der Waals surface area contributed by atoms with Crippen LogP contribution >= 0.6 is 11.6 Å². The summed E-state index contributed by atoms with van der Waals surface area (Å²) in [7, 11) is 0. The summed E-state index contributed by atoms with van der Waals surface area (Å²) in [5, 5.41) is 16.5. The Balaban J connectivity index is 0.000000172. The fourth-order valence-corrected chi connectivity index (χ4v) is 6.24. The van der Waals surface area contributed by atoms with E-state index in [2.05, 4.69) is 45.3 Å². The molecule has 1 saturated heterocycles. The molecule has 1 fully saturated rings. The molecule has 0 radical (unpaired) electrons. The van der Waals surface area contributed by atoms with Crippen molar-refractivity contribution in [1.29, 1.82) is 0 Å². The average Bonchev–Trinajstić information content (AvgIpc) is 4.11. The smallest absolute Gasteiger partial charge is 0.254 e. The Bertz CT molecular complexity index is 2670. The topological polar surface area (TPSA) is 161 Å². The first-order valence-electron chi connectivity index (χ1n) is 18.4. The standard InChI is InChI=1S/C23H22F2N6O3.C17H10ClF2N5O/c24-17-4-2-1-3-16(17)15-31-21(19-5-9-34-29-19)13-20(28-31)22-26-14-18(25)23(27-22)33-12-8-30-6-10-32-11-7-30;18-16-12(20)8-21-17(22-16)14-7-15(13-5-6-26-24-13)25(23-14)9-10-3-1-2-4-11(10)19/h1-5,9,13-14H,6-8,10-12,15H2;1-8H,9H2. The molecule has 0 bridgehead atoms. The lowest BCUT2D eigenvalue weighted by Crippen LogP contribution is -2.38. The zero-order valence-electron chi connectivity index (χ0n) is 31.3. The van der Waals surface area contributed by atoms with Crippen LogP contribution in [0.15, 0.2) is 107 Å². The van der Waals surface area contributed by atoms with Gasteiger partial charge in [-0.1, -0.05) is 58.3 Å². The van der Waals surface area contributed by atoms with Crippen molar-refractivity contribution >= 4 is 11.6 Å². The molecule has 0 unspecified atom stereocenters. The molecule has 0 aliphatic carbocycles. The van der Waals surface area contributed by atoms with Crippen LogP contribution in [-0.2, 0) is 17.8 Å². The van der Waals surface area contributed by atoms with Gasteiger partial charge in [0, 0.05) is 42.9 Å². The van der Waals surface area contributed by atoms with E-state index in [0.29, 0.717) is 65.0 Å². The van der Waals surface area contributed by atoms with Crippen LogP contribution in [0.5, 0.6) is 5.88 Å². The number of hydrogen-bond donors (Lipinski definition) is 0. The lowest BCUT2D eigenvalue weighted by molar-refractivity contribution is 0.0317. The van der Waals surface area contributed by atoms with Crippen molar-refractivity contribution in [2.24, 2.45) is 0 Å². The van der Waals surface area contributed by atoms with Gasteiger partial charge in [-0.2, -0.15) is 19.6 Å². The first-order valence-corrected chi connectivity index (χ1v) is 18.7. The van der Waals surface area contributed by atoms with Gasteiger partial charge in [0.15, 0.2) is 22.6 Å². The highest BCUT2D eigenvalue weighted by atomic mass is 35.5. The maximum absolute atomic E-state index is 14.3. The lowest BCUT2D eigenvalue weighted by atomic mass is 10.2. The second kappa shape index (κ2) is 18.4. The molecule has 8 aromatic rings. The van der Waals surface area contributed by atoms with E-state index in [0.717, 1.165) is 25.5 Å². The molecule has 1 aliphatic heterocycles. The number of rotatable bonds is 12. The third-order valence-corrected chi connectivity index (χ3v) is 9.40. The molecule has 0 atom stereocenters. The van der Waals surface area contributed by atoms with Gasteiger partial charge in [0.25, 0.3) is 5.88 Å². The SMILES string of the molecule is Fc1ccccc1Cn1nc(-c2ncc(F)c(Cl)n2)cc1-c1ccon1.Fc1ccccc1Cn1nc(-c2ncc(F)c(OCCN3CCOCC3)n2)cc1-c1ccon1. The van der Waals surface area contributed by atoms with Gasteiger partial charge in [-0.25, -0.2) is 28.1 Å². The summed E-state index contributed by atoms with van der Waals surface area (Å²) in [6, 6.07) is 19.5. The number of ether oxygens (including phenoxy) is 2. The molecule has 20 heteroatoms. The van der Waals surface area contributed by atoms with E-state index in [1.54, 1.807) is 70.0 Å². The summed E-state index contributed by atoms with van der Waals surface area (Å²) in [5.74, 6) is -1.90. The van der Waals surface area contributed by atoms with Crippen LogP contribution in [0.3, 0.4) is 0 Å². The summed E-state index contributed by atoms with van der Waals surface area (Å²) in [5.41, 5.74) is 3.79. The van der Waals surface area contributed by atoms with Crippen molar-refractivity contribution in [3.63, 3.8) is 0 Å². The molecule has 306 valence electrons. The molecule has 0 spiro atoms. The van der Waals surface area contributed by atoms with Crippen LogP contribution in [0.2, 0.25) is 5.15 Å². The highest BCUT2D eigenvalue weighted by molar-refractivity contribution is 6.29. The minimum atomic E-state index is -0.724. The molecule has 2 aromatic carbocycles. The Kier molecular flexibility index (Phi) is 12.3. The van der Waals surface area contributed by atoms with Crippen molar-refractivity contribution in [1.82, 2.24) is 54.7 Å². The maximum atomic E-state index is 14.3. The Labute approximate surface area is 343 Å². The first kappa shape index (κ1) is 40.0. The molecule has 1 aliphatic rings. The number of halogens is 5. The summed E-state index contributed by atoms with van der Waals surface area (Å²) in [6.07, 6.45) is 4.87. The predicted molar refractivity (Wildman–Crippen MR) is 206 cm³/mol. The van der Waals surface area contributed by atoms with Crippen LogP contribution in [0, 0.1) is 23.3 Å². The first-order chi connectivity index (χ1) is 29.3. The highest BCUT2D eigenvalue weighted by Gasteiger charge is 2.20. The third-order valence-electron chi connectivity index (χ3n) is 9.14. The van der Waals surface area contributed by atoms with Gasteiger partial charge in [-0.3, -0.25) is 14.3 Å². The van der Waals surface area contributed by atoms with E-state index in [1.807, 2.05) is 0 Å². The van der Waals surface area contributed by atoms with Crippen molar-refractivity contribution in [2.75, 3.05) is 39.5 Å². The van der Waals surface area contributed by atoms with Crippen LogP contribution < -0.4 is 4.74 Å². The van der Waals surface area contributed by atoms with E-state index >= 15 is 0 Å². The number of aromatic nitrogens is 10.